The highest BCUT2D eigenvalue weighted by atomic mass is 127. The van der Waals surface area contributed by atoms with Gasteiger partial charge in [-0.05, 0) is 105 Å². The minimum Gasteiger partial charge on any atom is -0.487 e. The standard InChI is InChI=1S/C26H21Br2I2N3O2/c1-2-3-4-24-32-23-10-9-19(28)13-20(23)26(34)33(24)31-14-17-11-21(29)25(22(30)12-17)35-15-16-5-7-18(27)8-6-16/h5-14H,2-4,15H2,1H3. The summed E-state index contributed by atoms with van der Waals surface area (Å²) in [5.41, 5.74) is 2.50. The molecule has 5 nitrogen and oxygen atoms in total. The van der Waals surface area contributed by atoms with E-state index in [1.54, 1.807) is 12.3 Å². The fraction of sp³-hybridized carbons (Fsp3) is 0.192. The Morgan fingerprint density at radius 2 is 1.71 bits per heavy atom. The lowest BCUT2D eigenvalue weighted by Crippen LogP contribution is -2.22. The van der Waals surface area contributed by atoms with Gasteiger partial charge in [0.15, 0.2) is 0 Å². The maximum absolute atomic E-state index is 13.3. The summed E-state index contributed by atoms with van der Waals surface area (Å²) < 4.78 is 11.4. The van der Waals surface area contributed by atoms with Crippen molar-refractivity contribution in [1.82, 2.24) is 9.66 Å². The molecule has 35 heavy (non-hydrogen) atoms. The molecule has 1 heterocycles. The number of hydrogen-bond donors (Lipinski definition) is 0. The number of nitrogens with zero attached hydrogens (tertiary/aromatic N) is 3. The van der Waals surface area contributed by atoms with Gasteiger partial charge in [-0.25, -0.2) is 4.98 Å². The van der Waals surface area contributed by atoms with Crippen molar-refractivity contribution in [1.29, 1.82) is 0 Å². The molecule has 3 aromatic carbocycles. The second-order valence-corrected chi connectivity index (χ2v) is 12.0. The molecule has 0 aliphatic carbocycles. The lowest BCUT2D eigenvalue weighted by atomic mass is 10.2. The maximum Gasteiger partial charge on any atom is 0.282 e. The monoisotopic (exact) mass is 819 g/mol. The van der Waals surface area contributed by atoms with Gasteiger partial charge in [-0.3, -0.25) is 4.79 Å². The SMILES string of the molecule is CCCCc1nc2ccc(Br)cc2c(=O)n1N=Cc1cc(I)c(OCc2ccc(Br)cc2)c(I)c1. The number of aromatic nitrogens is 2. The van der Waals surface area contributed by atoms with Gasteiger partial charge in [0, 0.05) is 15.4 Å². The van der Waals surface area contributed by atoms with E-state index in [2.05, 4.69) is 89.1 Å². The molecule has 0 fully saturated rings. The summed E-state index contributed by atoms with van der Waals surface area (Å²) in [6.45, 7) is 2.61. The number of aryl methyl sites for hydroxylation is 1. The summed E-state index contributed by atoms with van der Waals surface area (Å²) in [5.74, 6) is 1.51. The highest BCUT2D eigenvalue weighted by Gasteiger charge is 2.12. The average molecular weight is 821 g/mol. The number of ether oxygens (including phenoxy) is 1. The quantitative estimate of drug-likeness (QED) is 0.134. The van der Waals surface area contributed by atoms with E-state index in [0.29, 0.717) is 29.8 Å². The molecule has 1 aromatic heterocycles. The molecule has 180 valence electrons. The van der Waals surface area contributed by atoms with E-state index < -0.39 is 0 Å². The molecule has 0 unspecified atom stereocenters. The van der Waals surface area contributed by atoms with Crippen LogP contribution in [-0.2, 0) is 13.0 Å². The largest absolute Gasteiger partial charge is 0.487 e. The van der Waals surface area contributed by atoms with Gasteiger partial charge in [-0.15, -0.1) is 0 Å². The third-order valence-electron chi connectivity index (χ3n) is 5.27. The molecule has 0 saturated heterocycles. The second-order valence-electron chi connectivity index (χ2n) is 7.88. The normalized spacial score (nSPS) is 11.5. The molecule has 0 saturated carbocycles. The van der Waals surface area contributed by atoms with Crippen LogP contribution in [0.3, 0.4) is 0 Å². The Hall–Kier alpha value is -1.31. The minimum atomic E-state index is -0.169. The van der Waals surface area contributed by atoms with E-state index in [1.165, 1.54) is 4.68 Å². The molecule has 0 atom stereocenters. The van der Waals surface area contributed by atoms with Crippen molar-refractivity contribution in [3.63, 3.8) is 0 Å². The maximum atomic E-state index is 13.3. The van der Waals surface area contributed by atoms with Crippen molar-refractivity contribution in [2.45, 2.75) is 32.8 Å². The van der Waals surface area contributed by atoms with Crippen LogP contribution in [0.15, 0.2) is 73.4 Å². The van der Waals surface area contributed by atoms with E-state index in [1.807, 2.05) is 48.5 Å². The zero-order chi connectivity index (χ0) is 24.9. The molecule has 0 aliphatic heterocycles. The summed E-state index contributed by atoms with van der Waals surface area (Å²) in [6.07, 6.45) is 4.35. The third kappa shape index (κ3) is 6.72. The van der Waals surface area contributed by atoms with E-state index in [4.69, 9.17) is 9.72 Å². The highest BCUT2D eigenvalue weighted by Crippen LogP contribution is 2.29. The Bertz CT molecular complexity index is 1430. The predicted octanol–water partition coefficient (Wildman–Crippen LogP) is 7.93. The zero-order valence-corrected chi connectivity index (χ0v) is 26.3. The van der Waals surface area contributed by atoms with Crippen LogP contribution >= 0.6 is 77.0 Å². The lowest BCUT2D eigenvalue weighted by Gasteiger charge is -2.12. The molecule has 9 heteroatoms. The Balaban J connectivity index is 1.63. The molecule has 0 spiro atoms. The van der Waals surface area contributed by atoms with Gasteiger partial charge in [0.2, 0.25) is 0 Å². The Labute approximate surface area is 247 Å². The van der Waals surface area contributed by atoms with Crippen molar-refractivity contribution < 1.29 is 4.74 Å². The summed E-state index contributed by atoms with van der Waals surface area (Å²) in [6, 6.07) is 17.7. The number of hydrogen-bond acceptors (Lipinski definition) is 4. The van der Waals surface area contributed by atoms with Crippen LogP contribution in [0.4, 0.5) is 0 Å². The number of rotatable bonds is 8. The van der Waals surface area contributed by atoms with Gasteiger partial charge in [0.25, 0.3) is 5.56 Å². The zero-order valence-electron chi connectivity index (χ0n) is 18.8. The first-order valence-corrected chi connectivity index (χ1v) is 14.7. The number of unbranched alkanes of at least 4 members (excludes halogenated alkanes) is 1. The smallest absolute Gasteiger partial charge is 0.282 e. The fourth-order valence-electron chi connectivity index (χ4n) is 3.46. The molecule has 0 bridgehead atoms. The van der Waals surface area contributed by atoms with Gasteiger partial charge in [-0.2, -0.15) is 9.78 Å². The van der Waals surface area contributed by atoms with E-state index in [-0.39, 0.29) is 5.56 Å². The van der Waals surface area contributed by atoms with Crippen molar-refractivity contribution in [2.75, 3.05) is 0 Å². The molecule has 0 amide bonds. The van der Waals surface area contributed by atoms with Gasteiger partial charge in [0.05, 0.1) is 24.3 Å². The first-order chi connectivity index (χ1) is 16.9. The molecule has 0 radical (unpaired) electrons. The summed E-state index contributed by atoms with van der Waals surface area (Å²) in [5, 5.41) is 5.11. The predicted molar refractivity (Wildman–Crippen MR) is 166 cm³/mol. The van der Waals surface area contributed by atoms with E-state index in [0.717, 1.165) is 45.8 Å². The number of benzene rings is 3. The van der Waals surface area contributed by atoms with Crippen LogP contribution in [0, 0.1) is 7.14 Å². The van der Waals surface area contributed by atoms with Crippen molar-refractivity contribution >= 4 is 94.2 Å². The number of fused-ring (bicyclic) bond motifs is 1. The third-order valence-corrected chi connectivity index (χ3v) is 7.89. The van der Waals surface area contributed by atoms with Gasteiger partial charge in [-0.1, -0.05) is 57.3 Å². The first kappa shape index (κ1) is 26.7. The average Bonchev–Trinajstić information content (AvgIpc) is 2.83. The lowest BCUT2D eigenvalue weighted by molar-refractivity contribution is 0.301. The summed E-state index contributed by atoms with van der Waals surface area (Å²) >= 11 is 11.5. The van der Waals surface area contributed by atoms with Crippen molar-refractivity contribution in [2.24, 2.45) is 5.10 Å². The Morgan fingerprint density at radius 3 is 2.40 bits per heavy atom. The second kappa shape index (κ2) is 12.3. The van der Waals surface area contributed by atoms with Gasteiger partial charge < -0.3 is 4.74 Å². The summed E-state index contributed by atoms with van der Waals surface area (Å²) in [7, 11) is 0. The fourth-order valence-corrected chi connectivity index (χ4v) is 6.22. The van der Waals surface area contributed by atoms with Gasteiger partial charge >= 0.3 is 0 Å². The number of halogens is 4. The van der Waals surface area contributed by atoms with Crippen LogP contribution in [0.5, 0.6) is 5.75 Å². The molecular formula is C26H21Br2I2N3O2. The molecule has 4 aromatic rings. The van der Waals surface area contributed by atoms with E-state index >= 15 is 0 Å². The Morgan fingerprint density at radius 1 is 1.03 bits per heavy atom. The van der Waals surface area contributed by atoms with E-state index in [9.17, 15) is 4.79 Å². The van der Waals surface area contributed by atoms with Crippen LogP contribution in [0.2, 0.25) is 0 Å². The molecule has 0 N–H and O–H groups in total. The van der Waals surface area contributed by atoms with Crippen molar-refractivity contribution in [3.8, 4) is 5.75 Å². The van der Waals surface area contributed by atoms with Crippen LogP contribution in [0.1, 0.15) is 36.7 Å². The highest BCUT2D eigenvalue weighted by molar-refractivity contribution is 14.1. The van der Waals surface area contributed by atoms with Crippen molar-refractivity contribution in [3.05, 3.63) is 98.0 Å². The summed E-state index contributed by atoms with van der Waals surface area (Å²) in [4.78, 5) is 18.0. The molecule has 4 rings (SSSR count). The van der Waals surface area contributed by atoms with Crippen LogP contribution < -0.4 is 10.3 Å². The van der Waals surface area contributed by atoms with Crippen LogP contribution in [0.25, 0.3) is 10.9 Å². The Kier molecular flexibility index (Phi) is 9.39. The van der Waals surface area contributed by atoms with Crippen LogP contribution in [-0.4, -0.2) is 15.9 Å². The first-order valence-electron chi connectivity index (χ1n) is 11.0. The molecule has 0 aliphatic rings. The minimum absolute atomic E-state index is 0.169. The van der Waals surface area contributed by atoms with Gasteiger partial charge in [0.1, 0.15) is 18.2 Å². The topological polar surface area (TPSA) is 56.5 Å². The molecular weight excluding hydrogens is 800 g/mol.